The van der Waals surface area contributed by atoms with Gasteiger partial charge in [-0.1, -0.05) is 23.7 Å². The van der Waals surface area contributed by atoms with Gasteiger partial charge in [-0.05, 0) is 49.9 Å². The third-order valence-electron chi connectivity index (χ3n) is 3.51. The highest BCUT2D eigenvalue weighted by Crippen LogP contribution is 2.17. The van der Waals surface area contributed by atoms with Crippen molar-refractivity contribution < 1.29 is 0 Å². The maximum Gasteiger partial charge on any atom is 0.0628 e. The summed E-state index contributed by atoms with van der Waals surface area (Å²) in [6, 6.07) is 7.97. The van der Waals surface area contributed by atoms with Crippen LogP contribution in [0.25, 0.3) is 0 Å². The molecule has 3 nitrogen and oxygen atoms in total. The van der Waals surface area contributed by atoms with Crippen molar-refractivity contribution in [2.75, 3.05) is 0 Å². The van der Waals surface area contributed by atoms with Gasteiger partial charge in [-0.25, -0.2) is 0 Å². The number of nitrogens with two attached hydrogens (primary N) is 1. The second kappa shape index (κ2) is 5.76. The molecule has 0 aliphatic carbocycles. The van der Waals surface area contributed by atoms with Gasteiger partial charge in [0.15, 0.2) is 0 Å². The van der Waals surface area contributed by atoms with E-state index in [4.69, 9.17) is 17.3 Å². The molecule has 0 bridgehead atoms. The van der Waals surface area contributed by atoms with Crippen molar-refractivity contribution in [2.45, 2.75) is 32.7 Å². The number of halogens is 1. The van der Waals surface area contributed by atoms with Gasteiger partial charge < -0.3 is 5.73 Å². The van der Waals surface area contributed by atoms with Crippen LogP contribution in [-0.4, -0.2) is 15.8 Å². The number of hydrogen-bond donors (Lipinski definition) is 1. The highest BCUT2D eigenvalue weighted by Gasteiger charge is 2.13. The molecule has 0 fully saturated rings. The third-order valence-corrected chi connectivity index (χ3v) is 3.75. The fourth-order valence-electron chi connectivity index (χ4n) is 2.41. The molecule has 0 aliphatic rings. The minimum absolute atomic E-state index is 0.0834. The second-order valence-corrected chi connectivity index (χ2v) is 5.51. The lowest BCUT2D eigenvalue weighted by molar-refractivity contribution is 0.658. The summed E-state index contributed by atoms with van der Waals surface area (Å²) in [5.41, 5.74) is 11.0. The first-order chi connectivity index (χ1) is 8.97. The Bertz CT molecular complexity index is 575. The molecule has 2 rings (SSSR count). The number of aryl methyl sites for hydroxylation is 2. The van der Waals surface area contributed by atoms with E-state index in [0.29, 0.717) is 0 Å². The van der Waals surface area contributed by atoms with E-state index in [2.05, 4.69) is 18.1 Å². The molecule has 0 radical (unpaired) electrons. The fourth-order valence-corrected chi connectivity index (χ4v) is 2.63. The average Bonchev–Trinajstić information content (AvgIpc) is 2.56. The average molecular weight is 278 g/mol. The van der Waals surface area contributed by atoms with E-state index in [1.807, 2.05) is 36.9 Å². The maximum absolute atomic E-state index is 6.25. The van der Waals surface area contributed by atoms with Crippen LogP contribution in [0.2, 0.25) is 5.02 Å². The molecule has 0 aliphatic heterocycles. The zero-order valence-electron chi connectivity index (χ0n) is 11.7. The van der Waals surface area contributed by atoms with Gasteiger partial charge >= 0.3 is 0 Å². The molecule has 1 unspecified atom stereocenters. The number of nitrogens with zero attached hydrogens (tertiary/aromatic N) is 2. The summed E-state index contributed by atoms with van der Waals surface area (Å²) in [5, 5.41) is 5.19. The van der Waals surface area contributed by atoms with Gasteiger partial charge in [0, 0.05) is 23.8 Å². The van der Waals surface area contributed by atoms with Gasteiger partial charge in [0.1, 0.15) is 0 Å². The first-order valence-electron chi connectivity index (χ1n) is 6.46. The Morgan fingerprint density at radius 1 is 1.32 bits per heavy atom. The van der Waals surface area contributed by atoms with Crippen LogP contribution < -0.4 is 5.73 Å². The van der Waals surface area contributed by atoms with Crippen LogP contribution in [0.4, 0.5) is 0 Å². The highest BCUT2D eigenvalue weighted by atomic mass is 35.5. The number of aromatic nitrogens is 2. The van der Waals surface area contributed by atoms with Crippen molar-refractivity contribution in [3.63, 3.8) is 0 Å². The molecule has 102 valence electrons. The van der Waals surface area contributed by atoms with E-state index in [-0.39, 0.29) is 6.04 Å². The van der Waals surface area contributed by atoms with Crippen LogP contribution in [0, 0.1) is 13.8 Å². The van der Waals surface area contributed by atoms with E-state index in [1.165, 1.54) is 16.8 Å². The predicted octanol–water partition coefficient (Wildman–Crippen LogP) is 2.80. The number of benzene rings is 1. The van der Waals surface area contributed by atoms with Gasteiger partial charge in [0.2, 0.25) is 0 Å². The zero-order valence-corrected chi connectivity index (χ0v) is 12.4. The van der Waals surface area contributed by atoms with E-state index in [1.54, 1.807) is 0 Å². The Morgan fingerprint density at radius 3 is 2.63 bits per heavy atom. The van der Waals surface area contributed by atoms with Crippen molar-refractivity contribution in [3.05, 3.63) is 51.8 Å². The Morgan fingerprint density at radius 2 is 2.05 bits per heavy atom. The molecular formula is C15H20ClN3. The van der Waals surface area contributed by atoms with Crippen molar-refractivity contribution in [1.82, 2.24) is 9.78 Å². The van der Waals surface area contributed by atoms with Gasteiger partial charge in [0.25, 0.3) is 0 Å². The van der Waals surface area contributed by atoms with Crippen LogP contribution >= 0.6 is 11.6 Å². The largest absolute Gasteiger partial charge is 0.327 e. The van der Waals surface area contributed by atoms with E-state index >= 15 is 0 Å². The lowest BCUT2D eigenvalue weighted by Crippen LogP contribution is -2.26. The monoisotopic (exact) mass is 277 g/mol. The summed E-state index contributed by atoms with van der Waals surface area (Å²) in [6.45, 7) is 4.12. The molecular weight excluding hydrogens is 258 g/mol. The summed E-state index contributed by atoms with van der Waals surface area (Å²) in [5.74, 6) is 0. The molecule has 4 heteroatoms. The second-order valence-electron chi connectivity index (χ2n) is 5.07. The molecule has 0 spiro atoms. The van der Waals surface area contributed by atoms with Crippen molar-refractivity contribution in [1.29, 1.82) is 0 Å². The smallest absolute Gasteiger partial charge is 0.0628 e. The Kier molecular flexibility index (Phi) is 4.27. The van der Waals surface area contributed by atoms with Crippen molar-refractivity contribution >= 4 is 11.6 Å². The van der Waals surface area contributed by atoms with E-state index in [0.717, 1.165) is 23.6 Å². The van der Waals surface area contributed by atoms with Crippen LogP contribution in [0.3, 0.4) is 0 Å². The van der Waals surface area contributed by atoms with Gasteiger partial charge in [-0.15, -0.1) is 0 Å². The summed E-state index contributed by atoms with van der Waals surface area (Å²) in [4.78, 5) is 0. The van der Waals surface area contributed by atoms with Crippen LogP contribution in [-0.2, 0) is 19.9 Å². The molecule has 19 heavy (non-hydrogen) atoms. The molecule has 1 aromatic heterocycles. The van der Waals surface area contributed by atoms with Gasteiger partial charge in [-0.2, -0.15) is 5.10 Å². The number of rotatable bonds is 4. The summed E-state index contributed by atoms with van der Waals surface area (Å²) in [6.07, 6.45) is 1.67. The Balaban J connectivity index is 2.07. The molecule has 1 heterocycles. The summed E-state index contributed by atoms with van der Waals surface area (Å²) in [7, 11) is 1.97. The maximum atomic E-state index is 6.25. The Hall–Kier alpha value is -1.32. The van der Waals surface area contributed by atoms with Crippen molar-refractivity contribution in [3.8, 4) is 0 Å². The minimum Gasteiger partial charge on any atom is -0.327 e. The predicted molar refractivity (Wildman–Crippen MR) is 79.5 cm³/mol. The normalized spacial score (nSPS) is 12.7. The molecule has 2 N–H and O–H groups in total. The van der Waals surface area contributed by atoms with E-state index < -0.39 is 0 Å². The summed E-state index contributed by atoms with van der Waals surface area (Å²) >= 11 is 5.99. The topological polar surface area (TPSA) is 43.8 Å². The lowest BCUT2D eigenvalue weighted by atomic mass is 9.99. The first-order valence-corrected chi connectivity index (χ1v) is 6.84. The summed E-state index contributed by atoms with van der Waals surface area (Å²) < 4.78 is 1.91. The van der Waals surface area contributed by atoms with Crippen molar-refractivity contribution in [2.24, 2.45) is 12.8 Å². The molecule has 1 atom stereocenters. The van der Waals surface area contributed by atoms with Gasteiger partial charge in [-0.3, -0.25) is 4.68 Å². The number of hydrogen-bond acceptors (Lipinski definition) is 2. The molecule has 0 saturated carbocycles. The SMILES string of the molecule is Cc1nn(C)c(C)c1CC(N)Cc1cccc(Cl)c1. The fraction of sp³-hybridized carbons (Fsp3) is 0.400. The standard InChI is InChI=1S/C15H20ClN3/c1-10-15(11(2)19(3)18-10)9-14(17)8-12-5-4-6-13(16)7-12/h4-7,14H,8-9,17H2,1-3H3. The van der Waals surface area contributed by atoms with Crippen LogP contribution in [0.1, 0.15) is 22.5 Å². The lowest BCUT2D eigenvalue weighted by Gasteiger charge is -2.12. The zero-order chi connectivity index (χ0) is 14.0. The highest BCUT2D eigenvalue weighted by molar-refractivity contribution is 6.30. The van der Waals surface area contributed by atoms with E-state index in [9.17, 15) is 0 Å². The Labute approximate surface area is 119 Å². The third kappa shape index (κ3) is 3.37. The van der Waals surface area contributed by atoms with Crippen LogP contribution in [0.15, 0.2) is 24.3 Å². The molecule has 0 amide bonds. The molecule has 1 aromatic carbocycles. The molecule has 0 saturated heterocycles. The quantitative estimate of drug-likeness (QED) is 0.934. The molecule has 2 aromatic rings. The minimum atomic E-state index is 0.0834. The van der Waals surface area contributed by atoms with Gasteiger partial charge in [0.05, 0.1) is 5.69 Å². The first kappa shape index (κ1) is 14.1. The van der Waals surface area contributed by atoms with Crippen LogP contribution in [0.5, 0.6) is 0 Å².